The molecule has 1 fully saturated rings. The van der Waals surface area contributed by atoms with Gasteiger partial charge in [0.15, 0.2) is 0 Å². The van der Waals surface area contributed by atoms with E-state index in [1.54, 1.807) is 12.1 Å². The zero-order valence-corrected chi connectivity index (χ0v) is 16.1. The van der Waals surface area contributed by atoms with Crippen molar-refractivity contribution in [1.82, 2.24) is 4.90 Å². The minimum absolute atomic E-state index is 0.147. The third kappa shape index (κ3) is 3.43. The van der Waals surface area contributed by atoms with Gasteiger partial charge in [-0.25, -0.2) is 0 Å². The number of fused-ring (bicyclic) bond motifs is 1. The molecule has 2 aliphatic heterocycles. The molecule has 0 saturated carbocycles. The van der Waals surface area contributed by atoms with Gasteiger partial charge in [-0.2, -0.15) is 5.26 Å². The number of nitrogens with one attached hydrogen (secondary N) is 1. The van der Waals surface area contributed by atoms with Gasteiger partial charge in [-0.1, -0.05) is 29.3 Å². The summed E-state index contributed by atoms with van der Waals surface area (Å²) in [4.78, 5) is 17.1. The molecule has 0 bridgehead atoms. The second-order valence-electron chi connectivity index (χ2n) is 6.76. The Balaban J connectivity index is 1.43. The number of halogens is 2. The summed E-state index contributed by atoms with van der Waals surface area (Å²) in [5.74, 6) is -0.0172. The van der Waals surface area contributed by atoms with E-state index < -0.39 is 0 Å². The van der Waals surface area contributed by atoms with E-state index in [1.807, 2.05) is 29.2 Å². The first kappa shape index (κ1) is 18.0. The lowest BCUT2D eigenvalue weighted by Gasteiger charge is -2.37. The molecule has 2 heterocycles. The summed E-state index contributed by atoms with van der Waals surface area (Å²) in [6.45, 7) is 3.33. The predicted molar refractivity (Wildman–Crippen MR) is 108 cm³/mol. The monoisotopic (exact) mass is 400 g/mol. The number of piperazine rings is 1. The number of nitriles is 1. The summed E-state index contributed by atoms with van der Waals surface area (Å²) in [6.07, 6.45) is 0. The number of carbonyl (C=O) groups excluding carboxylic acids is 1. The Morgan fingerprint density at radius 3 is 2.59 bits per heavy atom. The maximum atomic E-state index is 13.0. The van der Waals surface area contributed by atoms with Crippen LogP contribution in [0.25, 0.3) is 0 Å². The number of hydrogen-bond acceptors (Lipinski definition) is 4. The summed E-state index contributed by atoms with van der Waals surface area (Å²) < 4.78 is 0. The number of rotatable bonds is 2. The van der Waals surface area contributed by atoms with E-state index in [0.717, 1.165) is 16.9 Å². The topological polar surface area (TPSA) is 59.4 Å². The number of nitrogens with zero attached hydrogens (tertiary/aromatic N) is 3. The first-order chi connectivity index (χ1) is 13.1. The van der Waals surface area contributed by atoms with Crippen molar-refractivity contribution in [2.24, 2.45) is 0 Å². The smallest absolute Gasteiger partial charge is 0.232 e. The molecule has 1 unspecified atom stereocenters. The van der Waals surface area contributed by atoms with Crippen LogP contribution in [-0.4, -0.2) is 43.5 Å². The van der Waals surface area contributed by atoms with Crippen molar-refractivity contribution in [2.45, 2.75) is 5.92 Å². The second kappa shape index (κ2) is 7.30. The van der Waals surface area contributed by atoms with Crippen molar-refractivity contribution >= 4 is 40.5 Å². The SMILES string of the molecule is N#Cc1ccc(N2CCN(C(=O)C3CNc4cc(Cl)ccc43)CC2)c(Cl)c1. The van der Waals surface area contributed by atoms with Gasteiger partial charge in [-0.05, 0) is 35.9 Å². The average molecular weight is 401 g/mol. The molecule has 0 aliphatic carbocycles. The number of anilines is 2. The third-order valence-corrected chi connectivity index (χ3v) is 5.73. The molecule has 5 nitrogen and oxygen atoms in total. The van der Waals surface area contributed by atoms with Crippen LogP contribution in [0.1, 0.15) is 17.0 Å². The number of carbonyl (C=O) groups is 1. The fourth-order valence-corrected chi connectivity index (χ4v) is 4.22. The summed E-state index contributed by atoms with van der Waals surface area (Å²) in [5, 5.41) is 13.5. The van der Waals surface area contributed by atoms with E-state index in [9.17, 15) is 4.79 Å². The maximum Gasteiger partial charge on any atom is 0.232 e. The molecule has 2 aromatic carbocycles. The number of amides is 1. The van der Waals surface area contributed by atoms with E-state index in [1.165, 1.54) is 0 Å². The van der Waals surface area contributed by atoms with Gasteiger partial charge in [0, 0.05) is 43.4 Å². The highest BCUT2D eigenvalue weighted by molar-refractivity contribution is 6.33. The Bertz CT molecular complexity index is 932. The first-order valence-corrected chi connectivity index (χ1v) is 9.59. The summed E-state index contributed by atoms with van der Waals surface area (Å²) in [6, 6.07) is 13.1. The van der Waals surface area contributed by atoms with Gasteiger partial charge in [0.2, 0.25) is 5.91 Å². The fraction of sp³-hybridized carbons (Fsp3) is 0.300. The molecule has 1 saturated heterocycles. The second-order valence-corrected chi connectivity index (χ2v) is 7.60. The first-order valence-electron chi connectivity index (χ1n) is 8.83. The highest BCUT2D eigenvalue weighted by atomic mass is 35.5. The Morgan fingerprint density at radius 1 is 1.11 bits per heavy atom. The number of hydrogen-bond donors (Lipinski definition) is 1. The van der Waals surface area contributed by atoms with Crippen molar-refractivity contribution in [3.05, 3.63) is 57.6 Å². The van der Waals surface area contributed by atoms with Crippen molar-refractivity contribution in [2.75, 3.05) is 42.9 Å². The predicted octanol–water partition coefficient (Wildman–Crippen LogP) is 3.72. The minimum atomic E-state index is -0.165. The lowest BCUT2D eigenvalue weighted by Crippen LogP contribution is -2.50. The Hall–Kier alpha value is -2.42. The van der Waals surface area contributed by atoms with E-state index in [-0.39, 0.29) is 11.8 Å². The average Bonchev–Trinajstić information content (AvgIpc) is 3.10. The molecule has 0 spiro atoms. The standard InChI is InChI=1S/C20H18Cl2N4O/c21-14-2-3-15-16(12-24-18(15)10-14)20(27)26-7-5-25(6-8-26)19-4-1-13(11-23)9-17(19)22/h1-4,9-10,16,24H,5-8,12H2. The Kier molecular flexibility index (Phi) is 4.86. The molecule has 1 N–H and O–H groups in total. The van der Waals surface area contributed by atoms with Gasteiger partial charge >= 0.3 is 0 Å². The summed E-state index contributed by atoms with van der Waals surface area (Å²) >= 11 is 12.4. The third-order valence-electron chi connectivity index (χ3n) is 5.19. The highest BCUT2D eigenvalue weighted by Crippen LogP contribution is 2.35. The van der Waals surface area contributed by atoms with Crippen LogP contribution in [0.5, 0.6) is 0 Å². The van der Waals surface area contributed by atoms with Crippen LogP contribution in [0.4, 0.5) is 11.4 Å². The fourth-order valence-electron chi connectivity index (χ4n) is 3.75. The lowest BCUT2D eigenvalue weighted by molar-refractivity contribution is -0.132. The Morgan fingerprint density at radius 2 is 1.89 bits per heavy atom. The molecule has 0 radical (unpaired) electrons. The van der Waals surface area contributed by atoms with Gasteiger partial charge in [-0.3, -0.25) is 4.79 Å². The quantitative estimate of drug-likeness (QED) is 0.834. The minimum Gasteiger partial charge on any atom is -0.384 e. The summed E-state index contributed by atoms with van der Waals surface area (Å²) in [5.41, 5.74) is 3.42. The normalized spacial score (nSPS) is 18.6. The molecule has 138 valence electrons. The van der Waals surface area contributed by atoms with E-state index >= 15 is 0 Å². The van der Waals surface area contributed by atoms with Crippen molar-refractivity contribution in [3.8, 4) is 6.07 Å². The van der Waals surface area contributed by atoms with Gasteiger partial charge in [0.05, 0.1) is 28.3 Å². The molecule has 7 heteroatoms. The maximum absolute atomic E-state index is 13.0. The molecule has 4 rings (SSSR count). The molecule has 1 amide bonds. The molecular formula is C20H18Cl2N4O. The summed E-state index contributed by atoms with van der Waals surface area (Å²) in [7, 11) is 0. The molecule has 2 aromatic rings. The van der Waals surface area contributed by atoms with Crippen molar-refractivity contribution in [3.63, 3.8) is 0 Å². The van der Waals surface area contributed by atoms with Crippen LogP contribution in [0.3, 0.4) is 0 Å². The highest BCUT2D eigenvalue weighted by Gasteiger charge is 2.33. The van der Waals surface area contributed by atoms with Gasteiger partial charge in [-0.15, -0.1) is 0 Å². The van der Waals surface area contributed by atoms with Crippen LogP contribution < -0.4 is 10.2 Å². The van der Waals surface area contributed by atoms with Crippen LogP contribution in [0, 0.1) is 11.3 Å². The van der Waals surface area contributed by atoms with Crippen LogP contribution in [-0.2, 0) is 4.79 Å². The molecule has 27 heavy (non-hydrogen) atoms. The van der Waals surface area contributed by atoms with E-state index in [4.69, 9.17) is 28.5 Å². The van der Waals surface area contributed by atoms with Crippen molar-refractivity contribution < 1.29 is 4.79 Å². The van der Waals surface area contributed by atoms with Crippen molar-refractivity contribution in [1.29, 1.82) is 5.26 Å². The molecule has 0 aromatic heterocycles. The number of benzene rings is 2. The molecule has 1 atom stereocenters. The zero-order valence-electron chi connectivity index (χ0n) is 14.6. The molecular weight excluding hydrogens is 383 g/mol. The lowest BCUT2D eigenvalue weighted by atomic mass is 9.99. The van der Waals surface area contributed by atoms with Crippen LogP contribution in [0.2, 0.25) is 10.0 Å². The van der Waals surface area contributed by atoms with Gasteiger partial charge in [0.1, 0.15) is 0 Å². The van der Waals surface area contributed by atoms with E-state index in [2.05, 4.69) is 16.3 Å². The van der Waals surface area contributed by atoms with Gasteiger partial charge in [0.25, 0.3) is 0 Å². The Labute approximate surface area is 168 Å². The van der Waals surface area contributed by atoms with E-state index in [0.29, 0.717) is 48.3 Å². The largest absolute Gasteiger partial charge is 0.384 e. The van der Waals surface area contributed by atoms with Crippen LogP contribution >= 0.6 is 23.2 Å². The van der Waals surface area contributed by atoms with Gasteiger partial charge < -0.3 is 15.1 Å². The molecule has 2 aliphatic rings. The van der Waals surface area contributed by atoms with Crippen LogP contribution in [0.15, 0.2) is 36.4 Å². The zero-order chi connectivity index (χ0) is 19.0.